The molecule has 1 N–H and O–H groups in total. The zero-order valence-corrected chi connectivity index (χ0v) is 14.5. The van der Waals surface area contributed by atoms with Crippen LogP contribution in [0.4, 0.5) is 0 Å². The molecular formula is C18H14ClN3OS. The lowest BCUT2D eigenvalue weighted by molar-refractivity contribution is 0.0954. The van der Waals surface area contributed by atoms with E-state index in [1.807, 2.05) is 47.9 Å². The smallest absolute Gasteiger partial charge is 0.261 e. The van der Waals surface area contributed by atoms with Crippen LogP contribution in [0.5, 0.6) is 0 Å². The summed E-state index contributed by atoms with van der Waals surface area (Å²) in [6.45, 7) is 2.37. The minimum absolute atomic E-state index is 0.0659. The Balaban J connectivity index is 1.55. The highest BCUT2D eigenvalue weighted by Crippen LogP contribution is 2.30. The first-order chi connectivity index (χ1) is 11.6. The Hall–Kier alpha value is -2.37. The van der Waals surface area contributed by atoms with Gasteiger partial charge in [0.15, 0.2) is 0 Å². The van der Waals surface area contributed by atoms with Crippen LogP contribution in [0, 0.1) is 6.92 Å². The number of thiophene rings is 1. The molecule has 6 heteroatoms. The lowest BCUT2D eigenvalue weighted by atomic mass is 10.1. The molecule has 3 heterocycles. The zero-order chi connectivity index (χ0) is 16.7. The van der Waals surface area contributed by atoms with Gasteiger partial charge in [0.05, 0.1) is 22.1 Å². The molecule has 4 rings (SSSR count). The normalized spacial score (nSPS) is 11.2. The summed E-state index contributed by atoms with van der Waals surface area (Å²) in [6.07, 6.45) is 3.67. The molecule has 0 unspecified atom stereocenters. The van der Waals surface area contributed by atoms with Gasteiger partial charge in [-0.2, -0.15) is 0 Å². The van der Waals surface area contributed by atoms with Gasteiger partial charge in [-0.3, -0.25) is 4.79 Å². The van der Waals surface area contributed by atoms with Gasteiger partial charge in [-0.05, 0) is 36.1 Å². The number of amides is 1. The first-order valence-corrected chi connectivity index (χ1v) is 8.71. The Morgan fingerprint density at radius 1 is 1.25 bits per heavy atom. The van der Waals surface area contributed by atoms with Crippen molar-refractivity contribution in [1.82, 2.24) is 14.7 Å². The highest BCUT2D eigenvalue weighted by molar-refractivity contribution is 7.21. The summed E-state index contributed by atoms with van der Waals surface area (Å²) in [6, 6.07) is 11.7. The molecule has 4 nitrogen and oxygen atoms in total. The lowest BCUT2D eigenvalue weighted by Gasteiger charge is -2.02. The van der Waals surface area contributed by atoms with Crippen molar-refractivity contribution in [2.45, 2.75) is 13.5 Å². The standard InChI is InChI=1S/C18H14ClN3OS/c1-11-14-4-2-3-5-15(14)24-17(11)18(23)20-8-13-10-22-9-12(19)6-7-16(22)21-13/h2-7,9-10H,8H2,1H3,(H,20,23). The van der Waals surface area contributed by atoms with Gasteiger partial charge >= 0.3 is 0 Å². The van der Waals surface area contributed by atoms with Gasteiger partial charge in [0, 0.05) is 17.1 Å². The largest absolute Gasteiger partial charge is 0.346 e. The maximum Gasteiger partial charge on any atom is 0.261 e. The Bertz CT molecular complexity index is 1070. The molecule has 0 radical (unpaired) electrons. The molecule has 0 atom stereocenters. The third-order valence-electron chi connectivity index (χ3n) is 3.94. The summed E-state index contributed by atoms with van der Waals surface area (Å²) in [7, 11) is 0. The van der Waals surface area contributed by atoms with Crippen LogP contribution in [-0.2, 0) is 6.54 Å². The summed E-state index contributed by atoms with van der Waals surface area (Å²) >= 11 is 7.49. The Kier molecular flexibility index (Phi) is 3.75. The number of carbonyl (C=O) groups excluding carboxylic acids is 1. The van der Waals surface area contributed by atoms with Crippen LogP contribution in [-0.4, -0.2) is 15.3 Å². The second-order valence-corrected chi connectivity index (χ2v) is 7.07. The fourth-order valence-electron chi connectivity index (χ4n) is 2.74. The number of benzene rings is 1. The zero-order valence-electron chi connectivity index (χ0n) is 12.9. The van der Waals surface area contributed by atoms with Crippen molar-refractivity contribution in [3.63, 3.8) is 0 Å². The SMILES string of the molecule is Cc1c(C(=O)NCc2cn3cc(Cl)ccc3n2)sc2ccccc12. The number of carbonyl (C=O) groups is 1. The first kappa shape index (κ1) is 15.2. The number of imidazole rings is 1. The number of fused-ring (bicyclic) bond motifs is 2. The van der Waals surface area contributed by atoms with Gasteiger partial charge in [0.25, 0.3) is 5.91 Å². The van der Waals surface area contributed by atoms with Crippen molar-refractivity contribution in [1.29, 1.82) is 0 Å². The Labute approximate surface area is 147 Å². The number of halogens is 1. The van der Waals surface area contributed by atoms with E-state index in [0.717, 1.165) is 31.9 Å². The minimum atomic E-state index is -0.0659. The average molecular weight is 356 g/mol. The number of aromatic nitrogens is 2. The molecule has 0 aliphatic rings. The van der Waals surface area contributed by atoms with E-state index >= 15 is 0 Å². The molecule has 24 heavy (non-hydrogen) atoms. The molecule has 0 bridgehead atoms. The molecule has 0 aliphatic heterocycles. The van der Waals surface area contributed by atoms with Crippen LogP contribution < -0.4 is 5.32 Å². The van der Waals surface area contributed by atoms with Gasteiger partial charge < -0.3 is 9.72 Å². The third-order valence-corrected chi connectivity index (χ3v) is 5.44. The average Bonchev–Trinajstić information content (AvgIpc) is 3.13. The number of hydrogen-bond acceptors (Lipinski definition) is 3. The Morgan fingerprint density at radius 2 is 2.08 bits per heavy atom. The number of pyridine rings is 1. The summed E-state index contributed by atoms with van der Waals surface area (Å²) in [5.41, 5.74) is 2.63. The van der Waals surface area contributed by atoms with E-state index < -0.39 is 0 Å². The molecule has 3 aromatic heterocycles. The Morgan fingerprint density at radius 3 is 2.92 bits per heavy atom. The van der Waals surface area contributed by atoms with Crippen molar-refractivity contribution >= 4 is 44.6 Å². The lowest BCUT2D eigenvalue weighted by Crippen LogP contribution is -2.22. The predicted octanol–water partition coefficient (Wildman–Crippen LogP) is 4.44. The maximum atomic E-state index is 12.5. The third kappa shape index (κ3) is 2.66. The van der Waals surface area contributed by atoms with E-state index in [1.54, 1.807) is 12.3 Å². The molecule has 0 saturated heterocycles. The van der Waals surface area contributed by atoms with Crippen molar-refractivity contribution < 1.29 is 4.79 Å². The number of nitrogens with one attached hydrogen (secondary N) is 1. The van der Waals surface area contributed by atoms with Crippen molar-refractivity contribution in [2.24, 2.45) is 0 Å². The molecule has 1 amide bonds. The van der Waals surface area contributed by atoms with Crippen LogP contribution >= 0.6 is 22.9 Å². The second-order valence-electron chi connectivity index (χ2n) is 5.58. The van der Waals surface area contributed by atoms with Crippen LogP contribution in [0.1, 0.15) is 20.9 Å². The van der Waals surface area contributed by atoms with Gasteiger partial charge in [-0.25, -0.2) is 4.98 Å². The van der Waals surface area contributed by atoms with Crippen LogP contribution in [0.25, 0.3) is 15.7 Å². The van der Waals surface area contributed by atoms with Gasteiger partial charge in [0.2, 0.25) is 0 Å². The number of nitrogens with zero attached hydrogens (tertiary/aromatic N) is 2. The summed E-state index contributed by atoms with van der Waals surface area (Å²) < 4.78 is 2.98. The van der Waals surface area contributed by atoms with Crippen LogP contribution in [0.2, 0.25) is 5.02 Å². The van der Waals surface area contributed by atoms with Crippen molar-refractivity contribution in [2.75, 3.05) is 0 Å². The number of aryl methyl sites for hydroxylation is 1. The molecule has 0 spiro atoms. The highest BCUT2D eigenvalue weighted by atomic mass is 35.5. The van der Waals surface area contributed by atoms with E-state index in [-0.39, 0.29) is 5.91 Å². The summed E-state index contributed by atoms with van der Waals surface area (Å²) in [5, 5.41) is 4.74. The van der Waals surface area contributed by atoms with E-state index in [1.165, 1.54) is 11.3 Å². The van der Waals surface area contributed by atoms with Crippen molar-refractivity contribution in [3.8, 4) is 0 Å². The molecule has 0 fully saturated rings. The van der Waals surface area contributed by atoms with Gasteiger partial charge in [-0.15, -0.1) is 11.3 Å². The van der Waals surface area contributed by atoms with E-state index in [0.29, 0.717) is 11.6 Å². The fourth-order valence-corrected chi connectivity index (χ4v) is 4.04. The molecule has 1 aromatic carbocycles. The second kappa shape index (κ2) is 5.92. The molecule has 4 aromatic rings. The molecular weight excluding hydrogens is 342 g/mol. The number of rotatable bonds is 3. The maximum absolute atomic E-state index is 12.5. The van der Waals surface area contributed by atoms with E-state index in [9.17, 15) is 4.79 Å². The van der Waals surface area contributed by atoms with Gasteiger partial charge in [0.1, 0.15) is 5.65 Å². The van der Waals surface area contributed by atoms with E-state index in [2.05, 4.69) is 10.3 Å². The summed E-state index contributed by atoms with van der Waals surface area (Å²) in [4.78, 5) is 17.8. The number of hydrogen-bond donors (Lipinski definition) is 1. The first-order valence-electron chi connectivity index (χ1n) is 7.51. The van der Waals surface area contributed by atoms with Crippen molar-refractivity contribution in [3.05, 3.63) is 69.9 Å². The topological polar surface area (TPSA) is 46.4 Å². The van der Waals surface area contributed by atoms with Crippen LogP contribution in [0.15, 0.2) is 48.8 Å². The molecule has 0 saturated carbocycles. The monoisotopic (exact) mass is 355 g/mol. The minimum Gasteiger partial charge on any atom is -0.346 e. The van der Waals surface area contributed by atoms with Crippen LogP contribution in [0.3, 0.4) is 0 Å². The predicted molar refractivity (Wildman–Crippen MR) is 97.9 cm³/mol. The molecule has 0 aliphatic carbocycles. The highest BCUT2D eigenvalue weighted by Gasteiger charge is 2.15. The fraction of sp³-hybridized carbons (Fsp3) is 0.111. The quantitative estimate of drug-likeness (QED) is 0.590. The van der Waals surface area contributed by atoms with Gasteiger partial charge in [-0.1, -0.05) is 29.8 Å². The molecule has 120 valence electrons. The van der Waals surface area contributed by atoms with E-state index in [4.69, 9.17) is 11.6 Å². The summed E-state index contributed by atoms with van der Waals surface area (Å²) in [5.74, 6) is -0.0659.